The second-order valence-electron chi connectivity index (χ2n) is 3.79. The van der Waals surface area contributed by atoms with E-state index in [0.717, 1.165) is 6.07 Å². The Hall–Kier alpha value is -2.30. The molecule has 2 rings (SSSR count). The molecule has 0 atom stereocenters. The molecule has 0 N–H and O–H groups in total. The maximum absolute atomic E-state index is 11.9. The molecule has 0 aliphatic carbocycles. The van der Waals surface area contributed by atoms with E-state index in [9.17, 15) is 9.59 Å². The monoisotopic (exact) mass is 262 g/mol. The van der Waals surface area contributed by atoms with Gasteiger partial charge < -0.3 is 13.9 Å². The van der Waals surface area contributed by atoms with Crippen molar-refractivity contribution in [2.24, 2.45) is 0 Å². The Kier molecular flexibility index (Phi) is 3.85. The van der Waals surface area contributed by atoms with Gasteiger partial charge in [-0.3, -0.25) is 4.79 Å². The van der Waals surface area contributed by atoms with Crippen molar-refractivity contribution in [1.29, 1.82) is 0 Å². The summed E-state index contributed by atoms with van der Waals surface area (Å²) in [7, 11) is 0. The van der Waals surface area contributed by atoms with E-state index < -0.39 is 5.97 Å². The van der Waals surface area contributed by atoms with Crippen LogP contribution in [0.3, 0.4) is 0 Å². The number of hydrogen-bond donors (Lipinski definition) is 0. The van der Waals surface area contributed by atoms with Gasteiger partial charge in [-0.1, -0.05) is 0 Å². The van der Waals surface area contributed by atoms with Gasteiger partial charge in [0.15, 0.2) is 5.43 Å². The van der Waals surface area contributed by atoms with Crippen LogP contribution in [0.2, 0.25) is 0 Å². The molecule has 0 bridgehead atoms. The van der Waals surface area contributed by atoms with Gasteiger partial charge >= 0.3 is 5.97 Å². The number of hydrogen-bond acceptors (Lipinski definition) is 5. The van der Waals surface area contributed by atoms with Crippen molar-refractivity contribution in [3.63, 3.8) is 0 Å². The number of esters is 1. The summed E-state index contributed by atoms with van der Waals surface area (Å²) in [6, 6.07) is 6.02. The fourth-order valence-electron chi connectivity index (χ4n) is 1.69. The molecule has 100 valence electrons. The van der Waals surface area contributed by atoms with Crippen LogP contribution in [0.5, 0.6) is 5.75 Å². The van der Waals surface area contributed by atoms with Gasteiger partial charge in [0.25, 0.3) is 0 Å². The number of rotatable bonds is 4. The van der Waals surface area contributed by atoms with Crippen LogP contribution in [0.1, 0.15) is 24.4 Å². The molecule has 0 fully saturated rings. The van der Waals surface area contributed by atoms with E-state index in [2.05, 4.69) is 0 Å². The van der Waals surface area contributed by atoms with Crippen LogP contribution in [0.15, 0.2) is 33.5 Å². The van der Waals surface area contributed by atoms with Gasteiger partial charge in [0.1, 0.15) is 11.3 Å². The lowest BCUT2D eigenvalue weighted by atomic mass is 10.2. The van der Waals surface area contributed by atoms with Gasteiger partial charge in [-0.25, -0.2) is 4.79 Å². The molecule has 0 saturated carbocycles. The van der Waals surface area contributed by atoms with Gasteiger partial charge in [0, 0.05) is 6.07 Å². The second-order valence-corrected chi connectivity index (χ2v) is 3.79. The first kappa shape index (κ1) is 13.1. The summed E-state index contributed by atoms with van der Waals surface area (Å²) in [5.74, 6) is -0.148. The molecule has 5 heteroatoms. The molecule has 0 spiro atoms. The topological polar surface area (TPSA) is 65.7 Å². The van der Waals surface area contributed by atoms with Crippen molar-refractivity contribution in [3.8, 4) is 5.75 Å². The fourth-order valence-corrected chi connectivity index (χ4v) is 1.69. The molecular weight excluding hydrogens is 248 g/mol. The predicted octanol–water partition coefficient (Wildman–Crippen LogP) is 2.37. The van der Waals surface area contributed by atoms with Gasteiger partial charge in [0.05, 0.1) is 18.6 Å². The lowest BCUT2D eigenvalue weighted by Crippen LogP contribution is -2.10. The smallest absolute Gasteiger partial charge is 0.374 e. The van der Waals surface area contributed by atoms with Crippen LogP contribution in [0.4, 0.5) is 0 Å². The molecular formula is C14H14O5. The summed E-state index contributed by atoms with van der Waals surface area (Å²) in [5, 5.41) is 0.374. The van der Waals surface area contributed by atoms with E-state index in [4.69, 9.17) is 13.9 Å². The third kappa shape index (κ3) is 2.76. The van der Waals surface area contributed by atoms with Gasteiger partial charge in [0.2, 0.25) is 5.76 Å². The Morgan fingerprint density at radius 1 is 1.21 bits per heavy atom. The minimum Gasteiger partial charge on any atom is -0.494 e. The quantitative estimate of drug-likeness (QED) is 0.791. The summed E-state index contributed by atoms with van der Waals surface area (Å²) in [6.07, 6.45) is 0. The summed E-state index contributed by atoms with van der Waals surface area (Å²) < 4.78 is 15.5. The van der Waals surface area contributed by atoms with E-state index in [0.29, 0.717) is 23.3 Å². The molecule has 0 aliphatic rings. The van der Waals surface area contributed by atoms with E-state index in [-0.39, 0.29) is 17.8 Å². The van der Waals surface area contributed by atoms with Crippen molar-refractivity contribution in [1.82, 2.24) is 0 Å². The van der Waals surface area contributed by atoms with Crippen molar-refractivity contribution in [3.05, 3.63) is 40.2 Å². The molecule has 0 aliphatic heterocycles. The van der Waals surface area contributed by atoms with Crippen LogP contribution in [0.25, 0.3) is 11.0 Å². The molecule has 5 nitrogen and oxygen atoms in total. The maximum Gasteiger partial charge on any atom is 0.374 e. The van der Waals surface area contributed by atoms with E-state index in [1.54, 1.807) is 25.1 Å². The Morgan fingerprint density at radius 2 is 2.00 bits per heavy atom. The molecule has 19 heavy (non-hydrogen) atoms. The number of carbonyl (C=O) groups excluding carboxylic acids is 1. The first-order valence-electron chi connectivity index (χ1n) is 6.03. The molecule has 1 aromatic carbocycles. The standard InChI is InChI=1S/C14H14O5/c1-3-17-9-5-6-12-10(7-9)11(15)8-13(19-12)14(16)18-4-2/h5-8H,3-4H2,1-2H3. The van der Waals surface area contributed by atoms with Crippen molar-refractivity contribution in [2.45, 2.75) is 13.8 Å². The molecule has 0 radical (unpaired) electrons. The minimum atomic E-state index is -0.643. The molecule has 0 amide bonds. The SMILES string of the molecule is CCOC(=O)c1cc(=O)c2cc(OCC)ccc2o1. The van der Waals surface area contributed by atoms with Gasteiger partial charge in [-0.05, 0) is 32.0 Å². The lowest BCUT2D eigenvalue weighted by molar-refractivity contribution is 0.0490. The average molecular weight is 262 g/mol. The Morgan fingerprint density at radius 3 is 2.68 bits per heavy atom. The zero-order valence-electron chi connectivity index (χ0n) is 10.8. The summed E-state index contributed by atoms with van der Waals surface area (Å²) in [5.41, 5.74) is 0.0323. The van der Waals surface area contributed by atoms with Gasteiger partial charge in [-0.15, -0.1) is 0 Å². The number of carbonyl (C=O) groups is 1. The van der Waals surface area contributed by atoms with Crippen LogP contribution in [-0.4, -0.2) is 19.2 Å². The van der Waals surface area contributed by atoms with Crippen LogP contribution < -0.4 is 10.2 Å². The highest BCUT2D eigenvalue weighted by Gasteiger charge is 2.13. The molecule has 0 unspecified atom stereocenters. The fraction of sp³-hybridized carbons (Fsp3) is 0.286. The highest BCUT2D eigenvalue weighted by molar-refractivity contribution is 5.89. The number of ether oxygens (including phenoxy) is 2. The summed E-state index contributed by atoms with van der Waals surface area (Å²) in [6.45, 7) is 4.28. The summed E-state index contributed by atoms with van der Waals surface area (Å²) in [4.78, 5) is 23.5. The Labute approximate surface area is 109 Å². The van der Waals surface area contributed by atoms with E-state index in [1.165, 1.54) is 0 Å². The summed E-state index contributed by atoms with van der Waals surface area (Å²) >= 11 is 0. The van der Waals surface area contributed by atoms with Crippen molar-refractivity contribution in [2.75, 3.05) is 13.2 Å². The van der Waals surface area contributed by atoms with Crippen LogP contribution in [0, 0.1) is 0 Å². The highest BCUT2D eigenvalue weighted by Crippen LogP contribution is 2.19. The molecule has 1 heterocycles. The van der Waals surface area contributed by atoms with E-state index >= 15 is 0 Å². The number of benzene rings is 1. The highest BCUT2D eigenvalue weighted by atomic mass is 16.5. The van der Waals surface area contributed by atoms with Gasteiger partial charge in [-0.2, -0.15) is 0 Å². The third-order valence-electron chi connectivity index (χ3n) is 2.49. The van der Waals surface area contributed by atoms with Crippen LogP contribution >= 0.6 is 0 Å². The lowest BCUT2D eigenvalue weighted by Gasteiger charge is -2.05. The Bertz CT molecular complexity index is 656. The van der Waals surface area contributed by atoms with Crippen molar-refractivity contribution < 1.29 is 18.7 Å². The third-order valence-corrected chi connectivity index (χ3v) is 2.49. The second kappa shape index (κ2) is 5.56. The number of fused-ring (bicyclic) bond motifs is 1. The van der Waals surface area contributed by atoms with Crippen LogP contribution in [-0.2, 0) is 4.74 Å². The zero-order valence-corrected chi connectivity index (χ0v) is 10.8. The predicted molar refractivity (Wildman–Crippen MR) is 69.6 cm³/mol. The first-order chi connectivity index (χ1) is 9.15. The van der Waals surface area contributed by atoms with Crippen molar-refractivity contribution >= 4 is 16.9 Å². The normalized spacial score (nSPS) is 10.4. The minimum absolute atomic E-state index is 0.0940. The first-order valence-corrected chi connectivity index (χ1v) is 6.03. The molecule has 0 saturated heterocycles. The molecule has 2 aromatic rings. The Balaban J connectivity index is 2.50. The molecule has 1 aromatic heterocycles. The largest absolute Gasteiger partial charge is 0.494 e. The average Bonchev–Trinajstić information content (AvgIpc) is 2.40. The van der Waals surface area contributed by atoms with E-state index in [1.807, 2.05) is 6.92 Å². The maximum atomic E-state index is 11.9. The zero-order chi connectivity index (χ0) is 13.8.